The first-order chi connectivity index (χ1) is 20.4. The fourth-order valence-electron chi connectivity index (χ4n) is 4.69. The van der Waals surface area contributed by atoms with E-state index >= 15 is 0 Å². The molecule has 0 atom stereocenters. The zero-order valence-corrected chi connectivity index (χ0v) is 22.7. The SMILES string of the molecule is Cc1nc2c(Oc3ccc(NC(=O)c4cnc(C)c(-c5ccc(F)cc5)c4O)cc3)ccnc2cc1-c1cccnc1. The number of nitrogens with zero attached hydrogens (tertiary/aromatic N) is 4. The van der Waals surface area contributed by atoms with E-state index in [1.165, 1.54) is 30.5 Å². The summed E-state index contributed by atoms with van der Waals surface area (Å²) < 4.78 is 19.5. The quantitative estimate of drug-likeness (QED) is 0.222. The zero-order valence-electron chi connectivity index (χ0n) is 22.7. The highest BCUT2D eigenvalue weighted by Crippen LogP contribution is 2.35. The molecule has 0 fully saturated rings. The van der Waals surface area contributed by atoms with Crippen molar-refractivity contribution < 1.29 is 19.0 Å². The first-order valence-corrected chi connectivity index (χ1v) is 13.1. The average Bonchev–Trinajstić information content (AvgIpc) is 2.99. The van der Waals surface area contributed by atoms with E-state index in [-0.39, 0.29) is 11.3 Å². The molecule has 0 saturated carbocycles. The van der Waals surface area contributed by atoms with Crippen molar-refractivity contribution >= 4 is 22.6 Å². The fourth-order valence-corrected chi connectivity index (χ4v) is 4.69. The van der Waals surface area contributed by atoms with Crippen LogP contribution < -0.4 is 10.1 Å². The Balaban J connectivity index is 1.21. The van der Waals surface area contributed by atoms with Gasteiger partial charge in [-0.1, -0.05) is 18.2 Å². The van der Waals surface area contributed by atoms with Gasteiger partial charge in [0.1, 0.15) is 28.4 Å². The Morgan fingerprint density at radius 2 is 1.67 bits per heavy atom. The number of aryl methyl sites for hydroxylation is 2. The van der Waals surface area contributed by atoms with Crippen molar-refractivity contribution in [3.05, 3.63) is 120 Å². The third-order valence-electron chi connectivity index (χ3n) is 6.80. The monoisotopic (exact) mass is 557 g/mol. The van der Waals surface area contributed by atoms with Crippen LogP contribution in [0, 0.1) is 19.7 Å². The molecule has 8 nitrogen and oxygen atoms in total. The highest BCUT2D eigenvalue weighted by atomic mass is 19.1. The summed E-state index contributed by atoms with van der Waals surface area (Å²) in [7, 11) is 0. The normalized spacial score (nSPS) is 10.9. The summed E-state index contributed by atoms with van der Waals surface area (Å²) in [4.78, 5) is 30.8. The van der Waals surface area contributed by atoms with Gasteiger partial charge in [0, 0.05) is 64.6 Å². The Morgan fingerprint density at radius 1 is 0.881 bits per heavy atom. The third-order valence-corrected chi connectivity index (χ3v) is 6.80. The lowest BCUT2D eigenvalue weighted by Gasteiger charge is -2.13. The summed E-state index contributed by atoms with van der Waals surface area (Å²) in [5.41, 5.74) is 5.95. The molecule has 6 rings (SSSR count). The molecule has 0 bridgehead atoms. The van der Waals surface area contributed by atoms with Crippen molar-refractivity contribution in [3.63, 3.8) is 0 Å². The Labute approximate surface area is 240 Å². The van der Waals surface area contributed by atoms with Gasteiger partial charge in [-0.3, -0.25) is 19.7 Å². The van der Waals surface area contributed by atoms with Crippen LogP contribution in [0.3, 0.4) is 0 Å². The van der Waals surface area contributed by atoms with Crippen LogP contribution in [-0.2, 0) is 0 Å². The molecule has 0 unspecified atom stereocenters. The number of anilines is 1. The predicted molar refractivity (Wildman–Crippen MR) is 158 cm³/mol. The topological polar surface area (TPSA) is 110 Å². The number of nitrogens with one attached hydrogen (secondary N) is 1. The first-order valence-electron chi connectivity index (χ1n) is 13.1. The Bertz CT molecular complexity index is 1930. The number of amides is 1. The number of aromatic hydroxyl groups is 1. The van der Waals surface area contributed by atoms with Crippen molar-refractivity contribution in [3.8, 4) is 39.5 Å². The van der Waals surface area contributed by atoms with Crippen LogP contribution in [-0.4, -0.2) is 30.9 Å². The van der Waals surface area contributed by atoms with E-state index in [2.05, 4.69) is 20.3 Å². The highest BCUT2D eigenvalue weighted by molar-refractivity contribution is 6.07. The number of aromatic nitrogens is 4. The minimum atomic E-state index is -0.541. The molecule has 2 aromatic carbocycles. The summed E-state index contributed by atoms with van der Waals surface area (Å²) >= 11 is 0. The lowest BCUT2D eigenvalue weighted by molar-refractivity contribution is 0.102. The molecule has 0 radical (unpaired) electrons. The Morgan fingerprint density at radius 3 is 2.40 bits per heavy atom. The zero-order chi connectivity index (χ0) is 29.2. The van der Waals surface area contributed by atoms with E-state index in [1.807, 2.05) is 25.1 Å². The van der Waals surface area contributed by atoms with Gasteiger partial charge in [-0.15, -0.1) is 0 Å². The Hall–Kier alpha value is -5.70. The molecule has 0 aliphatic heterocycles. The third kappa shape index (κ3) is 5.23. The second-order valence-electron chi connectivity index (χ2n) is 9.61. The van der Waals surface area contributed by atoms with Crippen LogP contribution in [0.1, 0.15) is 21.7 Å². The second-order valence-corrected chi connectivity index (χ2v) is 9.61. The van der Waals surface area contributed by atoms with E-state index in [4.69, 9.17) is 9.72 Å². The molecular formula is C33H24FN5O3. The van der Waals surface area contributed by atoms with Crippen LogP contribution >= 0.6 is 0 Å². The predicted octanol–water partition coefficient (Wildman–Crippen LogP) is 7.26. The van der Waals surface area contributed by atoms with Crippen molar-refractivity contribution in [1.82, 2.24) is 19.9 Å². The second kappa shape index (κ2) is 11.1. The molecule has 4 aromatic heterocycles. The first kappa shape index (κ1) is 26.5. The minimum absolute atomic E-state index is 0.00407. The van der Waals surface area contributed by atoms with E-state index in [0.717, 1.165) is 16.8 Å². The number of pyridine rings is 4. The van der Waals surface area contributed by atoms with Gasteiger partial charge < -0.3 is 15.2 Å². The van der Waals surface area contributed by atoms with E-state index in [1.54, 1.807) is 55.8 Å². The van der Waals surface area contributed by atoms with Gasteiger partial charge in [-0.05, 0) is 67.9 Å². The number of hydrogen-bond acceptors (Lipinski definition) is 7. The largest absolute Gasteiger partial charge is 0.506 e. The summed E-state index contributed by atoms with van der Waals surface area (Å²) in [5.74, 6) is -0.0909. The number of benzene rings is 2. The van der Waals surface area contributed by atoms with Crippen molar-refractivity contribution in [2.75, 3.05) is 5.32 Å². The van der Waals surface area contributed by atoms with E-state index < -0.39 is 11.7 Å². The van der Waals surface area contributed by atoms with Crippen LogP contribution in [0.5, 0.6) is 17.2 Å². The van der Waals surface area contributed by atoms with Gasteiger partial charge in [-0.2, -0.15) is 0 Å². The molecule has 2 N–H and O–H groups in total. The van der Waals surface area contributed by atoms with Crippen molar-refractivity contribution in [2.24, 2.45) is 0 Å². The van der Waals surface area contributed by atoms with Crippen LogP contribution in [0.4, 0.5) is 10.1 Å². The summed E-state index contributed by atoms with van der Waals surface area (Å²) in [5, 5.41) is 13.7. The van der Waals surface area contributed by atoms with Gasteiger partial charge in [0.05, 0.1) is 5.52 Å². The van der Waals surface area contributed by atoms with Gasteiger partial charge >= 0.3 is 0 Å². The number of carbonyl (C=O) groups is 1. The van der Waals surface area contributed by atoms with E-state index in [0.29, 0.717) is 45.0 Å². The maximum atomic E-state index is 13.4. The van der Waals surface area contributed by atoms with Crippen molar-refractivity contribution in [1.29, 1.82) is 0 Å². The molecule has 9 heteroatoms. The molecule has 42 heavy (non-hydrogen) atoms. The minimum Gasteiger partial charge on any atom is -0.506 e. The average molecular weight is 558 g/mol. The molecule has 0 spiro atoms. The fraction of sp³-hybridized carbons (Fsp3) is 0.0606. The Kier molecular flexibility index (Phi) is 6.98. The molecule has 0 aliphatic carbocycles. The summed E-state index contributed by atoms with van der Waals surface area (Å²) in [6, 6.07) is 20.0. The number of halogens is 1. The summed E-state index contributed by atoms with van der Waals surface area (Å²) in [6.45, 7) is 3.64. The summed E-state index contributed by atoms with van der Waals surface area (Å²) in [6.07, 6.45) is 6.49. The molecule has 0 saturated heterocycles. The van der Waals surface area contributed by atoms with Crippen LogP contribution in [0.2, 0.25) is 0 Å². The standard InChI is InChI=1S/C33H24FN5O3/c1-19-26(22-4-3-14-35-17-22)16-28-31(38-19)29(13-15-36-28)42-25-11-9-24(10-12-25)39-33(41)27-18-37-20(2)30(32(27)40)21-5-7-23(34)8-6-21/h3-18H,1-2H3,(H,37,40)(H,39,41). The number of hydrogen-bond donors (Lipinski definition) is 2. The smallest absolute Gasteiger partial charge is 0.261 e. The number of carbonyl (C=O) groups excluding carboxylic acids is 1. The van der Waals surface area contributed by atoms with Gasteiger partial charge in [0.15, 0.2) is 5.75 Å². The number of rotatable bonds is 6. The van der Waals surface area contributed by atoms with Crippen LogP contribution in [0.25, 0.3) is 33.3 Å². The molecule has 1 amide bonds. The molecular weight excluding hydrogens is 533 g/mol. The maximum absolute atomic E-state index is 13.4. The van der Waals surface area contributed by atoms with Crippen LogP contribution in [0.15, 0.2) is 97.6 Å². The molecule has 0 aliphatic rings. The molecule has 206 valence electrons. The maximum Gasteiger partial charge on any atom is 0.261 e. The van der Waals surface area contributed by atoms with Gasteiger partial charge in [-0.25, -0.2) is 9.37 Å². The lowest BCUT2D eigenvalue weighted by Crippen LogP contribution is -2.13. The number of ether oxygens (including phenoxy) is 1. The van der Waals surface area contributed by atoms with Gasteiger partial charge in [0.25, 0.3) is 5.91 Å². The van der Waals surface area contributed by atoms with E-state index in [9.17, 15) is 14.3 Å². The molecule has 6 aromatic rings. The van der Waals surface area contributed by atoms with Gasteiger partial charge in [0.2, 0.25) is 0 Å². The number of fused-ring (bicyclic) bond motifs is 1. The lowest BCUT2D eigenvalue weighted by atomic mass is 10.0. The molecule has 4 heterocycles. The van der Waals surface area contributed by atoms with Crippen molar-refractivity contribution in [2.45, 2.75) is 13.8 Å². The highest BCUT2D eigenvalue weighted by Gasteiger charge is 2.19.